The van der Waals surface area contributed by atoms with Crippen molar-refractivity contribution in [3.8, 4) is 11.5 Å². The van der Waals surface area contributed by atoms with Crippen LogP contribution < -0.4 is 26.0 Å². The lowest BCUT2D eigenvalue weighted by atomic mass is 10.0. The first-order chi connectivity index (χ1) is 17.8. The topological polar surface area (TPSA) is 129 Å². The summed E-state index contributed by atoms with van der Waals surface area (Å²) in [6.45, 7) is 1.97. The molecule has 0 saturated heterocycles. The highest BCUT2D eigenvalue weighted by atomic mass is 32.1. The number of fused-ring (bicyclic) bond motifs is 1. The smallest absolute Gasteiger partial charge is 0.341 e. The zero-order chi connectivity index (χ0) is 26.7. The van der Waals surface area contributed by atoms with E-state index in [1.54, 1.807) is 38.3 Å². The Morgan fingerprint density at radius 3 is 2.41 bits per heavy atom. The average Bonchev–Trinajstić information content (AvgIpc) is 3.35. The number of carbonyl (C=O) groups excluding carboxylic acids is 2. The van der Waals surface area contributed by atoms with Gasteiger partial charge >= 0.3 is 11.7 Å². The van der Waals surface area contributed by atoms with Gasteiger partial charge in [-0.15, -0.1) is 11.3 Å². The standard InChI is InChI=1S/C26H25N3O7S/c1-14(16-7-10-18(25(32)36-4)20(11-16)35-3)29-24(31)19-12-21(37-23(19)28-26(29)33)22(30)27-13-15-5-8-17(34-2)9-6-15/h5-12,14H,13H2,1-4H3,(H,27,30)(H,28,33). The minimum atomic E-state index is -0.687. The number of methoxy groups -OCH3 is 3. The Labute approximate surface area is 215 Å². The normalized spacial score (nSPS) is 11.7. The van der Waals surface area contributed by atoms with Gasteiger partial charge in [-0.3, -0.25) is 19.1 Å². The van der Waals surface area contributed by atoms with E-state index in [-0.39, 0.29) is 29.2 Å². The van der Waals surface area contributed by atoms with Crippen molar-refractivity contribution in [1.82, 2.24) is 14.9 Å². The molecule has 4 rings (SSSR count). The summed E-state index contributed by atoms with van der Waals surface area (Å²) in [6.07, 6.45) is 0. The minimum Gasteiger partial charge on any atom is -0.497 e. The predicted molar refractivity (Wildman–Crippen MR) is 139 cm³/mol. The number of amides is 1. The van der Waals surface area contributed by atoms with E-state index >= 15 is 0 Å². The van der Waals surface area contributed by atoms with E-state index in [0.29, 0.717) is 21.0 Å². The van der Waals surface area contributed by atoms with Crippen molar-refractivity contribution in [2.75, 3.05) is 21.3 Å². The lowest BCUT2D eigenvalue weighted by Crippen LogP contribution is -2.37. The monoisotopic (exact) mass is 523 g/mol. The third-order valence-electron chi connectivity index (χ3n) is 5.96. The fraction of sp³-hybridized carbons (Fsp3) is 0.231. The van der Waals surface area contributed by atoms with Crippen molar-refractivity contribution in [2.24, 2.45) is 0 Å². The van der Waals surface area contributed by atoms with Gasteiger partial charge in [-0.05, 0) is 48.4 Å². The van der Waals surface area contributed by atoms with Gasteiger partial charge in [-0.25, -0.2) is 9.59 Å². The van der Waals surface area contributed by atoms with E-state index in [1.165, 1.54) is 26.4 Å². The number of esters is 1. The number of hydrogen-bond donors (Lipinski definition) is 2. The van der Waals surface area contributed by atoms with Crippen LogP contribution >= 0.6 is 11.3 Å². The maximum atomic E-state index is 13.3. The minimum absolute atomic E-state index is 0.223. The highest BCUT2D eigenvalue weighted by Crippen LogP contribution is 2.26. The van der Waals surface area contributed by atoms with Crippen LogP contribution in [0.25, 0.3) is 10.2 Å². The zero-order valence-corrected chi connectivity index (χ0v) is 21.4. The Balaban J connectivity index is 1.62. The van der Waals surface area contributed by atoms with E-state index in [1.807, 2.05) is 12.1 Å². The predicted octanol–water partition coefficient (Wildman–Crippen LogP) is 3.09. The Morgan fingerprint density at radius 2 is 1.76 bits per heavy atom. The Hall–Kier alpha value is -4.38. The second kappa shape index (κ2) is 10.7. The van der Waals surface area contributed by atoms with Crippen LogP contribution in [0.5, 0.6) is 11.5 Å². The van der Waals surface area contributed by atoms with Gasteiger partial charge in [-0.1, -0.05) is 18.2 Å². The average molecular weight is 524 g/mol. The fourth-order valence-electron chi connectivity index (χ4n) is 3.89. The molecule has 0 spiro atoms. The number of carbonyl (C=O) groups is 2. The first kappa shape index (κ1) is 25.7. The zero-order valence-electron chi connectivity index (χ0n) is 20.6. The largest absolute Gasteiger partial charge is 0.497 e. The van der Waals surface area contributed by atoms with Gasteiger partial charge in [0.25, 0.3) is 11.5 Å². The Bertz CT molecular complexity index is 1580. The van der Waals surface area contributed by atoms with Crippen molar-refractivity contribution in [1.29, 1.82) is 0 Å². The number of nitrogens with one attached hydrogen (secondary N) is 2. The number of hydrogen-bond acceptors (Lipinski definition) is 8. The molecule has 0 aliphatic carbocycles. The molecule has 10 nitrogen and oxygen atoms in total. The van der Waals surface area contributed by atoms with Gasteiger partial charge in [0.2, 0.25) is 0 Å². The van der Waals surface area contributed by atoms with Gasteiger partial charge in [0.05, 0.1) is 37.6 Å². The summed E-state index contributed by atoms with van der Waals surface area (Å²) in [5.74, 6) is 0.0450. The molecule has 0 aliphatic rings. The SMILES string of the molecule is COC(=O)c1ccc(C(C)n2c(=O)[nH]c3sc(C(=O)NCc4ccc(OC)cc4)cc3c2=O)cc1OC. The second-order valence-corrected chi connectivity index (χ2v) is 9.17. The molecule has 0 fully saturated rings. The molecule has 0 radical (unpaired) electrons. The molecule has 37 heavy (non-hydrogen) atoms. The Kier molecular flexibility index (Phi) is 7.44. The number of ether oxygens (including phenoxy) is 3. The highest BCUT2D eigenvalue weighted by molar-refractivity contribution is 7.20. The van der Waals surface area contributed by atoms with E-state index in [2.05, 4.69) is 10.3 Å². The highest BCUT2D eigenvalue weighted by Gasteiger charge is 2.21. The van der Waals surface area contributed by atoms with Gasteiger partial charge < -0.3 is 19.5 Å². The molecule has 11 heteroatoms. The maximum Gasteiger partial charge on any atom is 0.341 e. The number of rotatable bonds is 8. The third-order valence-corrected chi connectivity index (χ3v) is 7.01. The van der Waals surface area contributed by atoms with Gasteiger partial charge in [0, 0.05) is 6.54 Å². The van der Waals surface area contributed by atoms with Crippen LogP contribution in [0.3, 0.4) is 0 Å². The quantitative estimate of drug-likeness (QED) is 0.340. The molecule has 1 amide bonds. The number of aromatic nitrogens is 2. The molecule has 0 aliphatic heterocycles. The Morgan fingerprint density at radius 1 is 1.03 bits per heavy atom. The van der Waals surface area contributed by atoms with E-state index < -0.39 is 23.3 Å². The summed E-state index contributed by atoms with van der Waals surface area (Å²) in [5.41, 5.74) is 0.527. The van der Waals surface area contributed by atoms with Gasteiger partial charge in [0.1, 0.15) is 21.9 Å². The van der Waals surface area contributed by atoms with Crippen molar-refractivity contribution in [2.45, 2.75) is 19.5 Å². The number of aromatic amines is 1. The molecule has 2 heterocycles. The first-order valence-corrected chi connectivity index (χ1v) is 12.0. The maximum absolute atomic E-state index is 13.3. The van der Waals surface area contributed by atoms with Gasteiger partial charge in [0.15, 0.2) is 0 Å². The van der Waals surface area contributed by atoms with Crippen molar-refractivity contribution in [3.05, 3.63) is 90.9 Å². The van der Waals surface area contributed by atoms with E-state index in [0.717, 1.165) is 21.5 Å². The first-order valence-electron chi connectivity index (χ1n) is 11.2. The van der Waals surface area contributed by atoms with Crippen molar-refractivity contribution >= 4 is 33.4 Å². The van der Waals surface area contributed by atoms with Crippen LogP contribution in [0.4, 0.5) is 0 Å². The lowest BCUT2D eigenvalue weighted by molar-refractivity contribution is 0.0597. The van der Waals surface area contributed by atoms with Crippen LogP contribution in [-0.2, 0) is 11.3 Å². The van der Waals surface area contributed by atoms with Crippen LogP contribution in [0.2, 0.25) is 0 Å². The van der Waals surface area contributed by atoms with E-state index in [9.17, 15) is 19.2 Å². The summed E-state index contributed by atoms with van der Waals surface area (Å²) in [7, 11) is 4.25. The molecule has 1 unspecified atom stereocenters. The molecular weight excluding hydrogens is 498 g/mol. The van der Waals surface area contributed by atoms with Crippen molar-refractivity contribution in [3.63, 3.8) is 0 Å². The third kappa shape index (κ3) is 5.12. The summed E-state index contributed by atoms with van der Waals surface area (Å²) >= 11 is 1.03. The van der Waals surface area contributed by atoms with Crippen LogP contribution in [0.1, 0.15) is 44.1 Å². The summed E-state index contributed by atoms with van der Waals surface area (Å²) < 4.78 is 16.3. The summed E-state index contributed by atoms with van der Waals surface area (Å²) in [6, 6.07) is 12.8. The molecule has 2 aromatic heterocycles. The molecule has 0 bridgehead atoms. The molecule has 2 aromatic carbocycles. The number of nitrogens with zero attached hydrogens (tertiary/aromatic N) is 1. The van der Waals surface area contributed by atoms with Crippen molar-refractivity contribution < 1.29 is 23.8 Å². The molecule has 0 saturated carbocycles. The van der Waals surface area contributed by atoms with Crippen LogP contribution in [0.15, 0.2) is 58.1 Å². The fourth-order valence-corrected chi connectivity index (χ4v) is 4.85. The number of thiophene rings is 1. The number of benzene rings is 2. The lowest BCUT2D eigenvalue weighted by Gasteiger charge is -2.16. The van der Waals surface area contributed by atoms with Crippen LogP contribution in [-0.4, -0.2) is 42.8 Å². The molecule has 4 aromatic rings. The summed E-state index contributed by atoms with van der Waals surface area (Å²) in [4.78, 5) is 54.2. The molecule has 2 N–H and O–H groups in total. The number of H-pyrrole nitrogens is 1. The van der Waals surface area contributed by atoms with Crippen LogP contribution in [0, 0.1) is 0 Å². The second-order valence-electron chi connectivity index (χ2n) is 8.12. The molecule has 192 valence electrons. The van der Waals surface area contributed by atoms with Gasteiger partial charge in [-0.2, -0.15) is 0 Å². The van der Waals surface area contributed by atoms with E-state index in [4.69, 9.17) is 14.2 Å². The molecule has 1 atom stereocenters. The molecular formula is C26H25N3O7S. The summed E-state index contributed by atoms with van der Waals surface area (Å²) in [5, 5.41) is 3.05.